The molecule has 0 aliphatic heterocycles. The third kappa shape index (κ3) is 5.56. The van der Waals surface area contributed by atoms with Gasteiger partial charge < -0.3 is 10.6 Å². The van der Waals surface area contributed by atoms with Crippen LogP contribution in [0.3, 0.4) is 0 Å². The Labute approximate surface area is 254 Å². The first kappa shape index (κ1) is 31.2. The Kier molecular flexibility index (Phi) is 8.29. The van der Waals surface area contributed by atoms with Crippen molar-refractivity contribution in [3.63, 3.8) is 0 Å². The summed E-state index contributed by atoms with van der Waals surface area (Å²) >= 11 is 0.866. The molecule has 1 fully saturated rings. The summed E-state index contributed by atoms with van der Waals surface area (Å²) in [7, 11) is -2.46. The number of thiol groups is 1. The first-order valence-electron chi connectivity index (χ1n) is 13.0. The highest BCUT2D eigenvalue weighted by Gasteiger charge is 2.67. The van der Waals surface area contributed by atoms with Crippen molar-refractivity contribution in [2.75, 3.05) is 0 Å². The molecule has 3 aromatic carbocycles. The molecule has 0 radical (unpaired) electrons. The molecule has 0 amide bonds. The van der Waals surface area contributed by atoms with E-state index >= 15 is 0 Å². The predicted octanol–water partition coefficient (Wildman–Crippen LogP) is 6.44. The van der Waals surface area contributed by atoms with E-state index in [9.17, 15) is 31.7 Å². The standard InChI is InChI=1S/C30H22F4N4O3S2.H2O/c31-22-14-17(9-10-24(22)43(35)41)13-21-25(20-8-4-7-19(15-20)18-5-2-1-3-6-18)37-38(28-36-23(16-42-28)27(39)40)26(21)29(11-12-29)30(32,33)34;/h1-10,14-16H,11-13H2,(H2,35,41)(H,39,40);1H2. The predicted molar refractivity (Wildman–Crippen MR) is 157 cm³/mol. The van der Waals surface area contributed by atoms with Crippen molar-refractivity contribution in [3.05, 3.63) is 107 Å². The van der Waals surface area contributed by atoms with Crippen LogP contribution >= 0.6 is 11.3 Å². The third-order valence-corrected chi connectivity index (χ3v) is 9.15. The molecule has 44 heavy (non-hydrogen) atoms. The van der Waals surface area contributed by atoms with Gasteiger partial charge >= 0.3 is 12.1 Å². The van der Waals surface area contributed by atoms with Gasteiger partial charge in [-0.2, -0.15) is 18.3 Å². The number of carboxylic acids is 1. The molecule has 6 rings (SSSR count). The summed E-state index contributed by atoms with van der Waals surface area (Å²) in [5, 5.41) is 20.7. The molecule has 0 bridgehead atoms. The maximum atomic E-state index is 14.8. The molecule has 1 saturated carbocycles. The van der Waals surface area contributed by atoms with Crippen LogP contribution in [0.25, 0.3) is 27.5 Å². The number of hydrogen-bond donors (Lipinski definition) is 2. The molecule has 8 nitrogen and oxygen atoms in total. The average molecular weight is 645 g/mol. The molecule has 1 aliphatic rings. The number of aromatic nitrogens is 3. The number of rotatable bonds is 8. The van der Waals surface area contributed by atoms with E-state index in [2.05, 4.69) is 10.1 Å². The van der Waals surface area contributed by atoms with Gasteiger partial charge in [-0.1, -0.05) is 58.8 Å². The zero-order valence-electron chi connectivity index (χ0n) is 22.6. The Morgan fingerprint density at radius 3 is 2.30 bits per heavy atom. The Hall–Kier alpha value is -4.24. The van der Waals surface area contributed by atoms with Gasteiger partial charge in [0.1, 0.15) is 5.41 Å². The molecule has 1 unspecified atom stereocenters. The highest BCUT2D eigenvalue weighted by Crippen LogP contribution is 2.61. The van der Waals surface area contributed by atoms with Crippen LogP contribution in [0.15, 0.2) is 83.1 Å². The lowest BCUT2D eigenvalue weighted by Gasteiger charge is -2.22. The van der Waals surface area contributed by atoms with Gasteiger partial charge in [0.15, 0.2) is 22.5 Å². The van der Waals surface area contributed by atoms with Gasteiger partial charge in [-0.15, -0.1) is 16.5 Å². The van der Waals surface area contributed by atoms with E-state index in [-0.39, 0.29) is 57.4 Å². The van der Waals surface area contributed by atoms with E-state index in [1.54, 1.807) is 12.1 Å². The molecule has 228 valence electrons. The van der Waals surface area contributed by atoms with Gasteiger partial charge in [0, 0.05) is 22.9 Å². The summed E-state index contributed by atoms with van der Waals surface area (Å²) in [6, 6.07) is 20.5. The minimum atomic E-state index is -4.65. The smallest absolute Gasteiger partial charge is 0.399 e. The molecule has 0 spiro atoms. The summed E-state index contributed by atoms with van der Waals surface area (Å²) in [5.74, 6) is -2.15. The van der Waals surface area contributed by atoms with E-state index in [0.29, 0.717) is 11.1 Å². The van der Waals surface area contributed by atoms with E-state index in [4.69, 9.17) is 5.14 Å². The molecule has 5 aromatic rings. The van der Waals surface area contributed by atoms with Crippen molar-refractivity contribution in [2.45, 2.75) is 35.7 Å². The van der Waals surface area contributed by atoms with E-state index in [1.165, 1.54) is 17.5 Å². The van der Waals surface area contributed by atoms with Gasteiger partial charge in [-0.3, -0.25) is 0 Å². The highest BCUT2D eigenvalue weighted by atomic mass is 32.2. The third-order valence-electron chi connectivity index (χ3n) is 7.50. The number of thiazole rings is 1. The monoisotopic (exact) mass is 644 g/mol. The summed E-state index contributed by atoms with van der Waals surface area (Å²) in [5.41, 5.74) is 0.233. The fraction of sp³-hybridized carbons (Fsp3) is 0.167. The molecule has 14 heteroatoms. The first-order chi connectivity index (χ1) is 20.5. The second-order valence-corrected chi connectivity index (χ2v) is 12.2. The molecular formula is C30H24F4N4O4S2. The van der Waals surface area contributed by atoms with Crippen LogP contribution in [0.4, 0.5) is 17.6 Å². The second kappa shape index (κ2) is 11.7. The second-order valence-electron chi connectivity index (χ2n) is 10.2. The summed E-state index contributed by atoms with van der Waals surface area (Å²) in [6.45, 7) is 0. The highest BCUT2D eigenvalue weighted by molar-refractivity contribution is 7.82. The van der Waals surface area contributed by atoms with Gasteiger partial charge in [0.25, 0.3) is 0 Å². The van der Waals surface area contributed by atoms with Crippen LogP contribution in [0.1, 0.15) is 40.2 Å². The Morgan fingerprint density at radius 1 is 1.02 bits per heavy atom. The van der Waals surface area contributed by atoms with Gasteiger partial charge in [0.2, 0.25) is 10.0 Å². The first-order valence-corrected chi connectivity index (χ1v) is 15.2. The lowest BCUT2D eigenvalue weighted by molar-refractivity contribution is -0.162. The van der Waals surface area contributed by atoms with Gasteiger partial charge in [-0.25, -0.2) is 18.9 Å². The number of carbonyl (C=O) groups is 1. The number of aromatic carboxylic acids is 1. The van der Waals surface area contributed by atoms with E-state index in [1.807, 2.05) is 42.5 Å². The fourth-order valence-electron chi connectivity index (χ4n) is 5.24. The lowest BCUT2D eigenvalue weighted by Crippen LogP contribution is -2.32. The summed E-state index contributed by atoms with van der Waals surface area (Å²) in [6.07, 6.45) is -5.19. The average Bonchev–Trinajstić information content (AvgIpc) is 3.48. The number of alkyl halides is 3. The summed E-state index contributed by atoms with van der Waals surface area (Å²) in [4.78, 5) is 15.5. The number of nitrogens with two attached hydrogens (primary N) is 1. The quantitative estimate of drug-likeness (QED) is 0.113. The molecular weight excluding hydrogens is 620 g/mol. The van der Waals surface area contributed by atoms with Crippen molar-refractivity contribution in [1.82, 2.24) is 14.8 Å². The maximum absolute atomic E-state index is 14.8. The Morgan fingerprint density at radius 2 is 1.70 bits per heavy atom. The summed E-state index contributed by atoms with van der Waals surface area (Å²) < 4.78 is 72.0. The van der Waals surface area contributed by atoms with Crippen molar-refractivity contribution < 1.29 is 37.1 Å². The van der Waals surface area contributed by atoms with Gasteiger partial charge in [0.05, 0.1) is 11.4 Å². The Bertz CT molecular complexity index is 1890. The number of nitrogens with zero attached hydrogens (tertiary/aromatic N) is 3. The molecule has 1 aliphatic carbocycles. The number of carboxylic acid groups (broad SMARTS) is 1. The number of benzene rings is 3. The largest absolute Gasteiger partial charge is 0.870 e. The SMILES string of the molecule is N[SH+](=O)c1ccc(Cc2c(-c3cccc(-c4ccccc4)c3)nn(-c3nc(C(=O)O)cs3)c2C2(C(F)(F)F)CC2)cc1F.[OH-]. The molecule has 2 heterocycles. The minimum absolute atomic E-state index is 0. The molecule has 4 N–H and O–H groups in total. The Balaban J connectivity index is 0.00000384. The molecule has 1 atom stereocenters. The van der Waals surface area contributed by atoms with Crippen LogP contribution in [-0.2, 0) is 27.0 Å². The van der Waals surface area contributed by atoms with Crippen molar-refractivity contribution in [2.24, 2.45) is 5.14 Å². The topological polar surface area (TPSA) is 141 Å². The fourth-order valence-corrected chi connectivity index (χ4v) is 6.49. The van der Waals surface area contributed by atoms with Crippen LogP contribution in [-0.4, -0.2) is 37.5 Å². The van der Waals surface area contributed by atoms with Crippen LogP contribution in [0.2, 0.25) is 0 Å². The lowest BCUT2D eigenvalue weighted by atomic mass is 9.90. The number of halogens is 4. The zero-order chi connectivity index (χ0) is 30.5. The minimum Gasteiger partial charge on any atom is -0.870 e. The molecule has 2 aromatic heterocycles. The molecule has 0 saturated heterocycles. The van der Waals surface area contributed by atoms with Crippen molar-refractivity contribution >= 4 is 28.3 Å². The zero-order valence-corrected chi connectivity index (χ0v) is 24.3. The normalized spacial score (nSPS) is 14.6. The maximum Gasteiger partial charge on any atom is 0.399 e. The van der Waals surface area contributed by atoms with E-state index < -0.39 is 34.4 Å². The van der Waals surface area contributed by atoms with Crippen LogP contribution in [0, 0.1) is 5.82 Å². The van der Waals surface area contributed by atoms with E-state index in [0.717, 1.165) is 33.2 Å². The van der Waals surface area contributed by atoms with Crippen LogP contribution in [0.5, 0.6) is 0 Å². The van der Waals surface area contributed by atoms with Crippen LogP contribution < -0.4 is 5.14 Å². The number of hydrogen-bond acceptors (Lipinski definition) is 6. The van der Waals surface area contributed by atoms with Crippen molar-refractivity contribution in [1.29, 1.82) is 0 Å². The van der Waals surface area contributed by atoms with Crippen molar-refractivity contribution in [3.8, 4) is 27.5 Å². The van der Waals surface area contributed by atoms with Gasteiger partial charge in [-0.05, 0) is 47.7 Å².